The maximum Gasteiger partial charge on any atom is 0.323 e. The summed E-state index contributed by atoms with van der Waals surface area (Å²) in [5.74, 6) is -0.960. The minimum absolute atomic E-state index is 0.00826. The Morgan fingerprint density at radius 2 is 1.48 bits per heavy atom. The lowest BCUT2D eigenvalue weighted by atomic mass is 10.1. The number of allylic oxidation sites excluding steroid dienone is 2. The number of nitrogens with one attached hydrogen (secondary N) is 1. The summed E-state index contributed by atoms with van der Waals surface area (Å²) < 4.78 is 12.7. The number of fused-ring (bicyclic) bond motifs is 1. The first-order valence-corrected chi connectivity index (χ1v) is 18.7. The molecule has 2 rings (SSSR count). The van der Waals surface area contributed by atoms with Crippen LogP contribution in [0.1, 0.15) is 143 Å². The van der Waals surface area contributed by atoms with Gasteiger partial charge in [0.15, 0.2) is 11.2 Å². The summed E-state index contributed by atoms with van der Waals surface area (Å²) in [7, 11) is 0. The van der Waals surface area contributed by atoms with Crippen LogP contribution >= 0.6 is 0 Å². The Kier molecular flexibility index (Phi) is 21.2. The van der Waals surface area contributed by atoms with Gasteiger partial charge in [0.1, 0.15) is 6.04 Å². The fraction of sp³-hybridized carbons (Fsp3) is 0.757. The van der Waals surface area contributed by atoms with Gasteiger partial charge < -0.3 is 25.5 Å². The number of imidazole rings is 1. The smallest absolute Gasteiger partial charge is 0.323 e. The standard InChI is InChI=1S/C37H64N6O5/c1-4-5-6-7-8-9-10-11-12-13-14-15-16-17-18-19-20-21-22-23-31(44)48-27-30(24-25-47-36(46)32(38)29(2)3)26-43-28-40-33-34(43)41-37(39)42-35(33)45/h11-12,28-30,32H,4-10,13-27,38H2,1-3H3,(H3,39,41,42,45)/t30?,32-/m0/s1. The van der Waals surface area contributed by atoms with E-state index in [2.05, 4.69) is 34.0 Å². The maximum atomic E-state index is 12.6. The van der Waals surface area contributed by atoms with Crippen molar-refractivity contribution in [3.05, 3.63) is 28.8 Å². The maximum absolute atomic E-state index is 12.6. The highest BCUT2D eigenvalue weighted by Crippen LogP contribution is 2.16. The molecule has 2 aromatic rings. The molecule has 5 N–H and O–H groups in total. The van der Waals surface area contributed by atoms with Crippen LogP contribution < -0.4 is 17.0 Å². The van der Waals surface area contributed by atoms with Crippen molar-refractivity contribution in [1.29, 1.82) is 0 Å². The largest absolute Gasteiger partial charge is 0.465 e. The van der Waals surface area contributed by atoms with Crippen molar-refractivity contribution in [2.24, 2.45) is 17.6 Å². The fourth-order valence-electron chi connectivity index (χ4n) is 5.63. The molecule has 0 aliphatic heterocycles. The topological polar surface area (TPSA) is 168 Å². The Morgan fingerprint density at radius 1 is 0.896 bits per heavy atom. The molecule has 2 heterocycles. The molecule has 48 heavy (non-hydrogen) atoms. The number of aromatic amines is 1. The van der Waals surface area contributed by atoms with Crippen LogP contribution in [-0.4, -0.2) is 50.7 Å². The number of carbonyl (C=O) groups excluding carboxylic acids is 2. The van der Waals surface area contributed by atoms with Crippen LogP contribution in [0.15, 0.2) is 23.3 Å². The van der Waals surface area contributed by atoms with Crippen molar-refractivity contribution in [3.63, 3.8) is 0 Å². The SMILES string of the molecule is CCCCCCCCC=CCCCCCCCCCCCC(=O)OCC(CCOC(=O)[C@@H](N)C(C)C)Cn1cnc2c(=O)[nH]c(N)nc21. The van der Waals surface area contributed by atoms with Gasteiger partial charge in [-0.2, -0.15) is 4.98 Å². The lowest BCUT2D eigenvalue weighted by Crippen LogP contribution is -2.37. The van der Waals surface area contributed by atoms with Crippen molar-refractivity contribution in [3.8, 4) is 0 Å². The second kappa shape index (κ2) is 24.9. The van der Waals surface area contributed by atoms with Crippen molar-refractivity contribution in [1.82, 2.24) is 19.5 Å². The molecule has 2 atom stereocenters. The first kappa shape index (κ1) is 41.0. The predicted octanol–water partition coefficient (Wildman–Crippen LogP) is 7.38. The molecule has 0 radical (unpaired) electrons. The monoisotopic (exact) mass is 672 g/mol. The van der Waals surface area contributed by atoms with E-state index in [1.165, 1.54) is 96.2 Å². The number of hydrogen-bond acceptors (Lipinski definition) is 9. The van der Waals surface area contributed by atoms with E-state index < -0.39 is 17.6 Å². The summed E-state index contributed by atoms with van der Waals surface area (Å²) in [6.07, 6.45) is 28.3. The van der Waals surface area contributed by atoms with Gasteiger partial charge in [-0.1, -0.05) is 110 Å². The Labute approximate surface area is 288 Å². The van der Waals surface area contributed by atoms with E-state index in [4.69, 9.17) is 20.9 Å². The Morgan fingerprint density at radius 3 is 2.08 bits per heavy atom. The van der Waals surface area contributed by atoms with Crippen LogP contribution in [-0.2, 0) is 25.6 Å². The molecule has 0 saturated heterocycles. The van der Waals surface area contributed by atoms with E-state index >= 15 is 0 Å². The number of unbranched alkanes of at least 4 members (excludes halogenated alkanes) is 15. The number of ether oxygens (including phenoxy) is 2. The first-order chi connectivity index (χ1) is 23.2. The van der Waals surface area contributed by atoms with Crippen LogP contribution in [0.3, 0.4) is 0 Å². The number of H-pyrrole nitrogens is 1. The van der Waals surface area contributed by atoms with Gasteiger partial charge in [0.2, 0.25) is 5.95 Å². The van der Waals surface area contributed by atoms with Gasteiger partial charge in [-0.05, 0) is 44.4 Å². The van der Waals surface area contributed by atoms with Gasteiger partial charge in [0.25, 0.3) is 5.56 Å². The van der Waals surface area contributed by atoms with Crippen molar-refractivity contribution < 1.29 is 19.1 Å². The first-order valence-electron chi connectivity index (χ1n) is 18.7. The van der Waals surface area contributed by atoms with Gasteiger partial charge in [-0.3, -0.25) is 19.4 Å². The van der Waals surface area contributed by atoms with E-state index in [0.717, 1.165) is 19.3 Å². The molecule has 0 aliphatic rings. The number of esters is 2. The molecule has 0 bridgehead atoms. The number of anilines is 1. The van der Waals surface area contributed by atoms with Crippen LogP contribution in [0.25, 0.3) is 11.2 Å². The second-order valence-electron chi connectivity index (χ2n) is 13.5. The van der Waals surface area contributed by atoms with E-state index in [1.807, 2.05) is 13.8 Å². The second-order valence-corrected chi connectivity index (χ2v) is 13.5. The Balaban J connectivity index is 1.61. The van der Waals surface area contributed by atoms with E-state index in [0.29, 0.717) is 25.0 Å². The van der Waals surface area contributed by atoms with E-state index in [1.54, 1.807) is 4.57 Å². The zero-order valence-electron chi connectivity index (χ0n) is 30.1. The summed E-state index contributed by atoms with van der Waals surface area (Å²) >= 11 is 0. The molecule has 0 aliphatic carbocycles. The summed E-state index contributed by atoms with van der Waals surface area (Å²) in [5, 5.41) is 0. The number of rotatable bonds is 28. The zero-order chi connectivity index (χ0) is 35.0. The normalized spacial score (nSPS) is 13.0. The van der Waals surface area contributed by atoms with Crippen LogP contribution in [0, 0.1) is 11.8 Å². The van der Waals surface area contributed by atoms with E-state index in [9.17, 15) is 14.4 Å². The molecule has 11 heteroatoms. The minimum Gasteiger partial charge on any atom is -0.465 e. The van der Waals surface area contributed by atoms with E-state index in [-0.39, 0.29) is 42.5 Å². The summed E-state index contributed by atoms with van der Waals surface area (Å²) in [4.78, 5) is 47.8. The Bertz CT molecular complexity index is 1260. The van der Waals surface area contributed by atoms with Gasteiger partial charge >= 0.3 is 11.9 Å². The molecule has 0 fully saturated rings. The number of nitrogens with zero attached hydrogens (tertiary/aromatic N) is 3. The zero-order valence-corrected chi connectivity index (χ0v) is 30.1. The molecular weight excluding hydrogens is 608 g/mol. The van der Waals surface area contributed by atoms with Crippen molar-refractivity contribution in [2.75, 3.05) is 18.9 Å². The third-order valence-electron chi connectivity index (χ3n) is 8.83. The highest BCUT2D eigenvalue weighted by Gasteiger charge is 2.21. The number of nitrogen functional groups attached to an aromatic ring is 1. The van der Waals surface area contributed by atoms with Crippen molar-refractivity contribution in [2.45, 2.75) is 155 Å². The lowest BCUT2D eigenvalue weighted by molar-refractivity contribution is -0.149. The molecule has 2 aromatic heterocycles. The highest BCUT2D eigenvalue weighted by molar-refractivity contribution is 5.75. The molecule has 1 unspecified atom stereocenters. The van der Waals surface area contributed by atoms with Crippen LogP contribution in [0.4, 0.5) is 5.95 Å². The molecular formula is C37H64N6O5. The average Bonchev–Trinajstić information content (AvgIpc) is 3.46. The fourth-order valence-corrected chi connectivity index (χ4v) is 5.63. The molecule has 0 saturated carbocycles. The molecule has 11 nitrogen and oxygen atoms in total. The number of hydrogen-bond donors (Lipinski definition) is 3. The summed E-state index contributed by atoms with van der Waals surface area (Å²) in [5.41, 5.74) is 11.7. The predicted molar refractivity (Wildman–Crippen MR) is 193 cm³/mol. The third-order valence-corrected chi connectivity index (χ3v) is 8.83. The Hall–Kier alpha value is -3.21. The average molecular weight is 673 g/mol. The number of nitrogens with two attached hydrogens (primary N) is 2. The lowest BCUT2D eigenvalue weighted by Gasteiger charge is -2.19. The van der Waals surface area contributed by atoms with Crippen molar-refractivity contribution >= 4 is 29.1 Å². The number of aromatic nitrogens is 4. The molecule has 0 amide bonds. The highest BCUT2D eigenvalue weighted by atomic mass is 16.5. The van der Waals surface area contributed by atoms with Gasteiger partial charge in [0.05, 0.1) is 19.5 Å². The summed E-state index contributed by atoms with van der Waals surface area (Å²) in [6, 6.07) is -0.699. The molecule has 272 valence electrons. The molecule has 0 aromatic carbocycles. The van der Waals surface area contributed by atoms with Gasteiger partial charge in [-0.25, -0.2) is 4.98 Å². The molecule has 0 spiro atoms. The quantitative estimate of drug-likeness (QED) is 0.0474. The summed E-state index contributed by atoms with van der Waals surface area (Å²) in [6.45, 7) is 6.60. The minimum atomic E-state index is -0.699. The van der Waals surface area contributed by atoms with Gasteiger partial charge in [-0.15, -0.1) is 0 Å². The van der Waals surface area contributed by atoms with Crippen LogP contribution in [0.2, 0.25) is 0 Å². The van der Waals surface area contributed by atoms with Gasteiger partial charge in [0, 0.05) is 18.9 Å². The third kappa shape index (κ3) is 17.3. The van der Waals surface area contributed by atoms with Crippen LogP contribution in [0.5, 0.6) is 0 Å². The number of carbonyl (C=O) groups is 2.